The fourth-order valence-corrected chi connectivity index (χ4v) is 2.75. The predicted molar refractivity (Wildman–Crippen MR) is 84.3 cm³/mol. The average molecular weight is 281 g/mol. The first-order valence-corrected chi connectivity index (χ1v) is 7.12. The fraction of sp³-hybridized carbons (Fsp3) is 0.312. The van der Waals surface area contributed by atoms with Gasteiger partial charge in [0.05, 0.1) is 0 Å². The van der Waals surface area contributed by atoms with E-state index in [0.29, 0.717) is 11.6 Å². The van der Waals surface area contributed by atoms with E-state index in [1.54, 1.807) is 6.07 Å². The summed E-state index contributed by atoms with van der Waals surface area (Å²) in [6.07, 6.45) is 2.15. The number of fused-ring (bicyclic) bond motifs is 1. The summed E-state index contributed by atoms with van der Waals surface area (Å²) >= 11 is 0. The molecule has 2 heterocycles. The molecule has 0 atom stereocenters. The second-order valence-corrected chi connectivity index (χ2v) is 5.50. The van der Waals surface area contributed by atoms with E-state index in [9.17, 15) is 0 Å². The summed E-state index contributed by atoms with van der Waals surface area (Å²) in [4.78, 5) is 11.1. The Kier molecular flexibility index (Phi) is 3.33. The molecule has 0 unspecified atom stereocenters. The quantitative estimate of drug-likeness (QED) is 0.654. The Morgan fingerprint density at radius 1 is 1.24 bits per heavy atom. The van der Waals surface area contributed by atoms with Crippen LogP contribution in [-0.4, -0.2) is 22.3 Å². The summed E-state index contributed by atoms with van der Waals surface area (Å²) in [5.74, 6) is 0.605. The third-order valence-corrected chi connectivity index (χ3v) is 3.71. The topological polar surface area (TPSA) is 78.9 Å². The van der Waals surface area contributed by atoms with E-state index in [2.05, 4.69) is 40.0 Å². The standard InChI is InChI=1S/C16H19N5/c1-10-5-6-14-12(8-10)4-3-7-21(14)16-19-11(2)9-13(20-16)15(17)18/h5-6,8-9H,3-4,7H2,1-2H3,(H3,17,18). The largest absolute Gasteiger partial charge is 0.382 e. The number of hydrogen-bond donors (Lipinski definition) is 2. The molecular weight excluding hydrogens is 262 g/mol. The van der Waals surface area contributed by atoms with Gasteiger partial charge in [-0.25, -0.2) is 9.97 Å². The highest BCUT2D eigenvalue weighted by atomic mass is 15.3. The number of anilines is 2. The Bertz CT molecular complexity index is 708. The number of nitrogens with one attached hydrogen (secondary N) is 1. The van der Waals surface area contributed by atoms with Gasteiger partial charge in [0.2, 0.25) is 5.95 Å². The predicted octanol–water partition coefficient (Wildman–Crippen LogP) is 2.46. The van der Waals surface area contributed by atoms with Crippen LogP contribution in [-0.2, 0) is 6.42 Å². The van der Waals surface area contributed by atoms with Gasteiger partial charge in [-0.15, -0.1) is 0 Å². The van der Waals surface area contributed by atoms with Crippen LogP contribution in [0.3, 0.4) is 0 Å². The molecule has 5 nitrogen and oxygen atoms in total. The average Bonchev–Trinajstić information content (AvgIpc) is 2.45. The Labute approximate surface area is 124 Å². The lowest BCUT2D eigenvalue weighted by atomic mass is 10.00. The minimum Gasteiger partial charge on any atom is -0.382 e. The Balaban J connectivity index is 2.08. The molecule has 0 amide bonds. The first-order chi connectivity index (χ1) is 10.0. The second kappa shape index (κ2) is 5.16. The summed E-state index contributed by atoms with van der Waals surface area (Å²) in [6.45, 7) is 4.89. The number of nitrogen functional groups attached to an aromatic ring is 1. The van der Waals surface area contributed by atoms with E-state index < -0.39 is 0 Å². The number of aromatic nitrogens is 2. The van der Waals surface area contributed by atoms with Crippen molar-refractivity contribution in [2.75, 3.05) is 11.4 Å². The van der Waals surface area contributed by atoms with Crippen LogP contribution in [0.1, 0.15) is 28.9 Å². The zero-order valence-electron chi connectivity index (χ0n) is 12.3. The van der Waals surface area contributed by atoms with Gasteiger partial charge in [-0.1, -0.05) is 17.7 Å². The molecule has 1 aromatic carbocycles. The van der Waals surface area contributed by atoms with Crippen molar-refractivity contribution in [2.45, 2.75) is 26.7 Å². The smallest absolute Gasteiger partial charge is 0.230 e. The van der Waals surface area contributed by atoms with Gasteiger partial charge < -0.3 is 10.6 Å². The van der Waals surface area contributed by atoms with E-state index in [4.69, 9.17) is 11.1 Å². The SMILES string of the molecule is Cc1ccc2c(c1)CCCN2c1nc(C)cc(C(=N)N)n1. The highest BCUT2D eigenvalue weighted by Crippen LogP contribution is 2.32. The molecule has 0 bridgehead atoms. The molecule has 0 radical (unpaired) electrons. The molecule has 0 spiro atoms. The lowest BCUT2D eigenvalue weighted by molar-refractivity contribution is 0.747. The van der Waals surface area contributed by atoms with Crippen LogP contribution in [0.5, 0.6) is 0 Å². The first kappa shape index (κ1) is 13.5. The normalized spacial score (nSPS) is 13.9. The highest BCUT2D eigenvalue weighted by Gasteiger charge is 2.21. The van der Waals surface area contributed by atoms with Crippen LogP contribution in [0.25, 0.3) is 0 Å². The molecule has 1 aromatic heterocycles. The summed E-state index contributed by atoms with van der Waals surface area (Å²) in [5, 5.41) is 7.58. The lowest BCUT2D eigenvalue weighted by Gasteiger charge is -2.30. The van der Waals surface area contributed by atoms with Crippen molar-refractivity contribution in [1.29, 1.82) is 5.41 Å². The summed E-state index contributed by atoms with van der Waals surface area (Å²) in [7, 11) is 0. The number of amidine groups is 1. The van der Waals surface area contributed by atoms with Gasteiger partial charge in [0.25, 0.3) is 0 Å². The van der Waals surface area contributed by atoms with Crippen LogP contribution in [0, 0.1) is 19.3 Å². The van der Waals surface area contributed by atoms with Crippen LogP contribution in [0.2, 0.25) is 0 Å². The molecule has 3 rings (SSSR count). The molecular formula is C16H19N5. The molecule has 21 heavy (non-hydrogen) atoms. The fourth-order valence-electron chi connectivity index (χ4n) is 2.75. The monoisotopic (exact) mass is 281 g/mol. The van der Waals surface area contributed by atoms with Gasteiger partial charge in [-0.2, -0.15) is 0 Å². The molecule has 0 aliphatic carbocycles. The molecule has 108 valence electrons. The molecule has 0 saturated heterocycles. The summed E-state index contributed by atoms with van der Waals surface area (Å²) < 4.78 is 0. The van der Waals surface area contributed by atoms with Crippen molar-refractivity contribution >= 4 is 17.5 Å². The van der Waals surface area contributed by atoms with Crippen molar-refractivity contribution < 1.29 is 0 Å². The highest BCUT2D eigenvalue weighted by molar-refractivity contribution is 5.93. The van der Waals surface area contributed by atoms with Gasteiger partial charge in [0, 0.05) is 17.9 Å². The van der Waals surface area contributed by atoms with Gasteiger partial charge in [0.15, 0.2) is 0 Å². The number of nitrogens with two attached hydrogens (primary N) is 1. The zero-order valence-corrected chi connectivity index (χ0v) is 12.3. The van der Waals surface area contributed by atoms with Crippen molar-refractivity contribution in [3.8, 4) is 0 Å². The summed E-state index contributed by atoms with van der Waals surface area (Å²) in [5.41, 5.74) is 10.6. The maximum atomic E-state index is 7.58. The molecule has 5 heteroatoms. The van der Waals surface area contributed by atoms with E-state index in [1.807, 2.05) is 6.92 Å². The number of rotatable bonds is 2. The molecule has 2 aromatic rings. The van der Waals surface area contributed by atoms with Gasteiger partial charge in [0.1, 0.15) is 11.5 Å². The minimum absolute atomic E-state index is 0.0251. The van der Waals surface area contributed by atoms with Gasteiger partial charge >= 0.3 is 0 Å². The number of nitrogens with zero attached hydrogens (tertiary/aromatic N) is 3. The van der Waals surface area contributed by atoms with Crippen LogP contribution >= 0.6 is 0 Å². The number of aryl methyl sites for hydroxylation is 3. The van der Waals surface area contributed by atoms with E-state index in [-0.39, 0.29) is 5.84 Å². The zero-order chi connectivity index (χ0) is 15.0. The maximum Gasteiger partial charge on any atom is 0.230 e. The molecule has 0 fully saturated rings. The molecule has 1 aliphatic rings. The Morgan fingerprint density at radius 3 is 2.81 bits per heavy atom. The van der Waals surface area contributed by atoms with E-state index in [0.717, 1.165) is 30.8 Å². The van der Waals surface area contributed by atoms with Crippen LogP contribution < -0.4 is 10.6 Å². The van der Waals surface area contributed by atoms with Gasteiger partial charge in [-0.3, -0.25) is 5.41 Å². The lowest BCUT2D eigenvalue weighted by Crippen LogP contribution is -2.27. The van der Waals surface area contributed by atoms with Crippen LogP contribution in [0.4, 0.5) is 11.6 Å². The summed E-state index contributed by atoms with van der Waals surface area (Å²) in [6, 6.07) is 8.21. The maximum absolute atomic E-state index is 7.58. The van der Waals surface area contributed by atoms with Gasteiger partial charge in [-0.05, 0) is 44.4 Å². The van der Waals surface area contributed by atoms with E-state index >= 15 is 0 Å². The van der Waals surface area contributed by atoms with Crippen LogP contribution in [0.15, 0.2) is 24.3 Å². The third-order valence-electron chi connectivity index (χ3n) is 3.71. The minimum atomic E-state index is -0.0251. The van der Waals surface area contributed by atoms with Crippen molar-refractivity contribution in [3.05, 3.63) is 46.8 Å². The second-order valence-electron chi connectivity index (χ2n) is 5.50. The Hall–Kier alpha value is -2.43. The van der Waals surface area contributed by atoms with Crippen molar-refractivity contribution in [1.82, 2.24) is 9.97 Å². The van der Waals surface area contributed by atoms with E-state index in [1.165, 1.54) is 11.1 Å². The molecule has 0 saturated carbocycles. The molecule has 3 N–H and O–H groups in total. The molecule has 1 aliphatic heterocycles. The van der Waals surface area contributed by atoms with Crippen molar-refractivity contribution in [2.24, 2.45) is 5.73 Å². The van der Waals surface area contributed by atoms with Crippen molar-refractivity contribution in [3.63, 3.8) is 0 Å². The number of hydrogen-bond acceptors (Lipinski definition) is 4. The first-order valence-electron chi connectivity index (χ1n) is 7.12. The number of benzene rings is 1. The Morgan fingerprint density at radius 2 is 2.05 bits per heavy atom. The third kappa shape index (κ3) is 2.59.